The lowest BCUT2D eigenvalue weighted by Crippen LogP contribution is -2.27. The number of benzene rings is 2. The van der Waals surface area contributed by atoms with Crippen LogP contribution in [0, 0.1) is 0 Å². The van der Waals surface area contributed by atoms with Crippen molar-refractivity contribution in [2.45, 2.75) is 44.0 Å². The summed E-state index contributed by atoms with van der Waals surface area (Å²) in [7, 11) is -3.69. The van der Waals surface area contributed by atoms with Gasteiger partial charge in [-0.15, -0.1) is 0 Å². The van der Waals surface area contributed by atoms with E-state index in [1.807, 2.05) is 31.2 Å². The van der Waals surface area contributed by atoms with Crippen LogP contribution in [0.5, 0.6) is 0 Å². The molecule has 132 valence electrons. The van der Waals surface area contributed by atoms with Crippen LogP contribution in [0.15, 0.2) is 47.4 Å². The first-order valence-corrected chi connectivity index (χ1v) is 10.2. The van der Waals surface area contributed by atoms with Crippen molar-refractivity contribution in [3.05, 3.63) is 53.6 Å². The Morgan fingerprint density at radius 3 is 2.36 bits per heavy atom. The van der Waals surface area contributed by atoms with Gasteiger partial charge < -0.3 is 0 Å². The van der Waals surface area contributed by atoms with E-state index in [-0.39, 0.29) is 16.4 Å². The topological polar surface area (TPSA) is 72.0 Å². The molecule has 0 spiro atoms. The third-order valence-corrected chi connectivity index (χ3v) is 6.26. The fraction of sp³-hybridized carbons (Fsp3) is 0.333. The monoisotopic (exact) mass is 375 g/mol. The van der Waals surface area contributed by atoms with Gasteiger partial charge in [-0.1, -0.05) is 51.1 Å². The maximum atomic E-state index is 12.8. The second kappa shape index (κ2) is 6.48. The van der Waals surface area contributed by atoms with E-state index >= 15 is 0 Å². The van der Waals surface area contributed by atoms with Gasteiger partial charge in [0, 0.05) is 6.04 Å². The SMILES string of the molecule is CC(NS(=O)(=O)c1cccc2nsnc12)c1ccc(C(C)(C)C)cc1. The smallest absolute Gasteiger partial charge is 0.207 e. The summed E-state index contributed by atoms with van der Waals surface area (Å²) in [6, 6.07) is 12.7. The second-order valence-electron chi connectivity index (χ2n) is 7.10. The van der Waals surface area contributed by atoms with Gasteiger partial charge in [0.2, 0.25) is 10.0 Å². The van der Waals surface area contributed by atoms with Crippen molar-refractivity contribution in [1.82, 2.24) is 13.5 Å². The zero-order valence-corrected chi connectivity index (χ0v) is 16.3. The van der Waals surface area contributed by atoms with Crippen molar-refractivity contribution >= 4 is 32.8 Å². The molecule has 3 rings (SSSR count). The molecule has 1 unspecified atom stereocenters. The molecule has 0 aliphatic carbocycles. The molecule has 0 saturated carbocycles. The molecule has 0 saturated heterocycles. The number of nitrogens with zero attached hydrogens (tertiary/aromatic N) is 2. The Hall–Kier alpha value is -1.83. The van der Waals surface area contributed by atoms with Crippen LogP contribution in [0.4, 0.5) is 0 Å². The summed E-state index contributed by atoms with van der Waals surface area (Å²) in [6.45, 7) is 8.28. The first-order valence-electron chi connectivity index (χ1n) is 8.02. The van der Waals surface area contributed by atoms with E-state index in [1.165, 1.54) is 5.56 Å². The van der Waals surface area contributed by atoms with Crippen LogP contribution in [-0.2, 0) is 15.4 Å². The van der Waals surface area contributed by atoms with E-state index in [2.05, 4.69) is 34.2 Å². The van der Waals surface area contributed by atoms with Crippen molar-refractivity contribution in [1.29, 1.82) is 0 Å². The van der Waals surface area contributed by atoms with Crippen molar-refractivity contribution < 1.29 is 8.42 Å². The predicted octanol–water partition coefficient (Wildman–Crippen LogP) is 4.03. The number of aromatic nitrogens is 2. The summed E-state index contributed by atoms with van der Waals surface area (Å²) in [5.41, 5.74) is 3.20. The number of nitrogens with one attached hydrogen (secondary N) is 1. The van der Waals surface area contributed by atoms with Gasteiger partial charge in [0.1, 0.15) is 15.9 Å². The van der Waals surface area contributed by atoms with Gasteiger partial charge in [0.05, 0.1) is 11.7 Å². The van der Waals surface area contributed by atoms with Gasteiger partial charge in [0.15, 0.2) is 0 Å². The third kappa shape index (κ3) is 3.73. The summed E-state index contributed by atoms with van der Waals surface area (Å²) in [4.78, 5) is 0.164. The Morgan fingerprint density at radius 1 is 1.04 bits per heavy atom. The minimum Gasteiger partial charge on any atom is -0.207 e. The highest BCUT2D eigenvalue weighted by molar-refractivity contribution is 7.89. The van der Waals surface area contributed by atoms with Crippen LogP contribution >= 0.6 is 11.7 Å². The molecule has 1 atom stereocenters. The Balaban J connectivity index is 1.87. The van der Waals surface area contributed by atoms with Gasteiger partial charge in [0.25, 0.3) is 0 Å². The molecule has 1 aromatic heterocycles. The van der Waals surface area contributed by atoms with Crippen molar-refractivity contribution in [3.8, 4) is 0 Å². The Kier molecular flexibility index (Phi) is 4.66. The van der Waals surface area contributed by atoms with Crippen LogP contribution in [0.2, 0.25) is 0 Å². The highest BCUT2D eigenvalue weighted by Crippen LogP contribution is 2.26. The molecule has 3 aromatic rings. The Labute approximate surface area is 152 Å². The average Bonchev–Trinajstić information content (AvgIpc) is 3.02. The minimum absolute atomic E-state index is 0.0640. The molecule has 0 aliphatic heterocycles. The molecule has 0 aliphatic rings. The summed E-state index contributed by atoms with van der Waals surface area (Å²) >= 11 is 1.01. The molecular formula is C18H21N3O2S2. The fourth-order valence-corrected chi connectivity index (χ4v) is 4.63. The van der Waals surface area contributed by atoms with E-state index in [1.54, 1.807) is 18.2 Å². The van der Waals surface area contributed by atoms with Crippen molar-refractivity contribution in [2.24, 2.45) is 0 Å². The van der Waals surface area contributed by atoms with Gasteiger partial charge in [-0.05, 0) is 35.6 Å². The normalized spacial score (nSPS) is 13.9. The lowest BCUT2D eigenvalue weighted by atomic mass is 9.86. The second-order valence-corrected chi connectivity index (χ2v) is 9.31. The molecule has 2 aromatic carbocycles. The van der Waals surface area contributed by atoms with Crippen LogP contribution in [0.25, 0.3) is 11.0 Å². The lowest BCUT2D eigenvalue weighted by Gasteiger charge is -2.20. The van der Waals surface area contributed by atoms with Gasteiger partial charge in [-0.2, -0.15) is 8.75 Å². The third-order valence-electron chi connectivity index (χ3n) is 4.15. The van der Waals surface area contributed by atoms with E-state index < -0.39 is 10.0 Å². The number of rotatable bonds is 4. The molecule has 5 nitrogen and oxygen atoms in total. The van der Waals surface area contributed by atoms with E-state index in [0.29, 0.717) is 11.0 Å². The molecule has 0 radical (unpaired) electrons. The molecule has 7 heteroatoms. The van der Waals surface area contributed by atoms with E-state index in [0.717, 1.165) is 17.3 Å². The van der Waals surface area contributed by atoms with Crippen LogP contribution in [0.3, 0.4) is 0 Å². The molecule has 0 bridgehead atoms. The largest absolute Gasteiger partial charge is 0.243 e. The van der Waals surface area contributed by atoms with Crippen molar-refractivity contribution in [3.63, 3.8) is 0 Å². The summed E-state index contributed by atoms with van der Waals surface area (Å²) < 4.78 is 36.5. The van der Waals surface area contributed by atoms with E-state index in [9.17, 15) is 8.42 Å². The number of fused-ring (bicyclic) bond motifs is 1. The molecular weight excluding hydrogens is 354 g/mol. The van der Waals surface area contributed by atoms with Gasteiger partial charge >= 0.3 is 0 Å². The number of hydrogen-bond acceptors (Lipinski definition) is 5. The van der Waals surface area contributed by atoms with Gasteiger partial charge in [-0.3, -0.25) is 0 Å². The quantitative estimate of drug-likeness (QED) is 0.747. The minimum atomic E-state index is -3.69. The Morgan fingerprint density at radius 2 is 1.72 bits per heavy atom. The standard InChI is InChI=1S/C18H21N3O2S2/c1-12(13-8-10-14(11-9-13)18(2,3)4)21-25(22,23)16-7-5-6-15-17(16)20-24-19-15/h5-12,21H,1-4H3. The summed E-state index contributed by atoms with van der Waals surface area (Å²) in [5.74, 6) is 0. The molecule has 1 heterocycles. The molecule has 0 amide bonds. The molecule has 0 fully saturated rings. The average molecular weight is 376 g/mol. The zero-order chi connectivity index (χ0) is 18.2. The molecule has 1 N–H and O–H groups in total. The fourth-order valence-electron chi connectivity index (χ4n) is 2.63. The maximum Gasteiger partial charge on any atom is 0.243 e. The summed E-state index contributed by atoms with van der Waals surface area (Å²) in [5, 5.41) is 0. The molecule has 25 heavy (non-hydrogen) atoms. The maximum absolute atomic E-state index is 12.8. The van der Waals surface area contributed by atoms with Crippen LogP contribution in [0.1, 0.15) is 44.9 Å². The lowest BCUT2D eigenvalue weighted by molar-refractivity contribution is 0.566. The Bertz CT molecular complexity index is 987. The van der Waals surface area contributed by atoms with Crippen molar-refractivity contribution in [2.75, 3.05) is 0 Å². The highest BCUT2D eigenvalue weighted by Gasteiger charge is 2.22. The highest BCUT2D eigenvalue weighted by atomic mass is 32.2. The summed E-state index contributed by atoms with van der Waals surface area (Å²) in [6.07, 6.45) is 0. The number of hydrogen-bond donors (Lipinski definition) is 1. The zero-order valence-electron chi connectivity index (χ0n) is 14.6. The van der Waals surface area contributed by atoms with E-state index in [4.69, 9.17) is 0 Å². The van der Waals surface area contributed by atoms with Crippen LogP contribution < -0.4 is 4.72 Å². The van der Waals surface area contributed by atoms with Gasteiger partial charge in [-0.25, -0.2) is 13.1 Å². The van der Waals surface area contributed by atoms with Crippen LogP contribution in [-0.4, -0.2) is 17.2 Å². The first kappa shape index (κ1) is 18.0. The first-order chi connectivity index (χ1) is 11.7. The number of sulfonamides is 1. The predicted molar refractivity (Wildman–Crippen MR) is 101 cm³/mol.